The lowest BCUT2D eigenvalue weighted by molar-refractivity contribution is -0.144. The van der Waals surface area contributed by atoms with Crippen LogP contribution in [0, 0.1) is 5.92 Å². The monoisotopic (exact) mass is 325 g/mol. The molecule has 0 aromatic carbocycles. The second-order valence-corrected chi connectivity index (χ2v) is 5.06. The van der Waals surface area contributed by atoms with Crippen molar-refractivity contribution in [1.82, 2.24) is 4.57 Å². The summed E-state index contributed by atoms with van der Waals surface area (Å²) >= 11 is 3.29. The third kappa shape index (κ3) is 4.15. The summed E-state index contributed by atoms with van der Waals surface area (Å²) in [5.41, 5.74) is -1.48. The normalized spacial score (nSPS) is 13.6. The Hall–Kier alpha value is -0.780. The van der Waals surface area contributed by atoms with E-state index in [0.29, 0.717) is 6.42 Å². The Morgan fingerprint density at radius 3 is 2.56 bits per heavy atom. The minimum absolute atomic E-state index is 0.0999. The van der Waals surface area contributed by atoms with Crippen LogP contribution in [0.2, 0.25) is 0 Å². The van der Waals surface area contributed by atoms with E-state index in [-0.39, 0.29) is 12.5 Å². The molecule has 102 valence electrons. The van der Waals surface area contributed by atoms with Gasteiger partial charge in [0.1, 0.15) is 5.69 Å². The molecule has 18 heavy (non-hydrogen) atoms. The molecular formula is C12H15BrF3NO. The Kier molecular flexibility index (Phi) is 5.44. The molecule has 0 spiro atoms. The summed E-state index contributed by atoms with van der Waals surface area (Å²) in [6, 6.07) is 3.24. The van der Waals surface area contributed by atoms with Gasteiger partial charge >= 0.3 is 6.18 Å². The van der Waals surface area contributed by atoms with Gasteiger partial charge in [0.15, 0.2) is 0 Å². The van der Waals surface area contributed by atoms with Crippen LogP contribution < -0.4 is 5.56 Å². The van der Waals surface area contributed by atoms with E-state index in [4.69, 9.17) is 0 Å². The van der Waals surface area contributed by atoms with Crippen LogP contribution in [0.5, 0.6) is 0 Å². The first-order valence-electron chi connectivity index (χ1n) is 5.69. The van der Waals surface area contributed by atoms with Crippen LogP contribution in [0.4, 0.5) is 13.2 Å². The largest absolute Gasteiger partial charge is 0.431 e. The number of hydrogen-bond acceptors (Lipinski definition) is 1. The average Bonchev–Trinajstić information content (AvgIpc) is 2.26. The highest BCUT2D eigenvalue weighted by atomic mass is 79.9. The average molecular weight is 326 g/mol. The van der Waals surface area contributed by atoms with Gasteiger partial charge in [0.2, 0.25) is 0 Å². The molecule has 0 aliphatic heterocycles. The first kappa shape index (κ1) is 15.3. The highest BCUT2D eigenvalue weighted by Crippen LogP contribution is 2.28. The van der Waals surface area contributed by atoms with Gasteiger partial charge in [-0.2, -0.15) is 13.2 Å². The summed E-state index contributed by atoms with van der Waals surface area (Å²) in [6.07, 6.45) is -3.05. The molecule has 0 amide bonds. The van der Waals surface area contributed by atoms with Gasteiger partial charge in [-0.05, 0) is 24.8 Å². The summed E-state index contributed by atoms with van der Waals surface area (Å²) in [6.45, 7) is 2.06. The fourth-order valence-electron chi connectivity index (χ4n) is 1.68. The van der Waals surface area contributed by atoms with Crippen molar-refractivity contribution >= 4 is 15.9 Å². The maximum atomic E-state index is 12.7. The van der Waals surface area contributed by atoms with Crippen LogP contribution in [-0.2, 0) is 12.7 Å². The minimum Gasteiger partial charge on any atom is -0.304 e. The van der Waals surface area contributed by atoms with E-state index >= 15 is 0 Å². The molecule has 0 aliphatic carbocycles. The maximum absolute atomic E-state index is 12.7. The second kappa shape index (κ2) is 6.41. The molecule has 0 bridgehead atoms. The highest BCUT2D eigenvalue weighted by Gasteiger charge is 2.34. The van der Waals surface area contributed by atoms with Gasteiger partial charge in [-0.1, -0.05) is 28.9 Å². The van der Waals surface area contributed by atoms with Gasteiger partial charge < -0.3 is 4.57 Å². The van der Waals surface area contributed by atoms with Gasteiger partial charge in [-0.3, -0.25) is 4.79 Å². The van der Waals surface area contributed by atoms with Crippen molar-refractivity contribution < 1.29 is 13.2 Å². The first-order chi connectivity index (χ1) is 8.36. The second-order valence-electron chi connectivity index (χ2n) is 4.27. The van der Waals surface area contributed by atoms with Gasteiger partial charge in [0, 0.05) is 17.9 Å². The van der Waals surface area contributed by atoms with Crippen LogP contribution in [0.25, 0.3) is 0 Å². The molecular weight excluding hydrogens is 311 g/mol. The van der Waals surface area contributed by atoms with Crippen molar-refractivity contribution in [3.05, 3.63) is 34.2 Å². The van der Waals surface area contributed by atoms with Crippen LogP contribution in [0.1, 0.15) is 25.5 Å². The lowest BCUT2D eigenvalue weighted by Crippen LogP contribution is -2.27. The van der Waals surface area contributed by atoms with Gasteiger partial charge in [0.25, 0.3) is 5.56 Å². The molecule has 6 heteroatoms. The summed E-state index contributed by atoms with van der Waals surface area (Å²) in [5.74, 6) is 0.276. The SMILES string of the molecule is CC(CCBr)CCn1c(C(F)(F)F)cccc1=O. The number of hydrogen-bond donors (Lipinski definition) is 0. The van der Waals surface area contributed by atoms with Crippen molar-refractivity contribution in [2.45, 2.75) is 32.5 Å². The fraction of sp³-hybridized carbons (Fsp3) is 0.583. The third-order valence-electron chi connectivity index (χ3n) is 2.79. The van der Waals surface area contributed by atoms with E-state index in [1.165, 1.54) is 0 Å². The molecule has 1 atom stereocenters. The van der Waals surface area contributed by atoms with E-state index in [1.807, 2.05) is 6.92 Å². The van der Waals surface area contributed by atoms with E-state index in [1.54, 1.807) is 0 Å². The number of nitrogens with zero attached hydrogens (tertiary/aromatic N) is 1. The molecule has 0 aliphatic rings. The Morgan fingerprint density at radius 2 is 2.00 bits per heavy atom. The molecule has 1 aromatic heterocycles. The van der Waals surface area contributed by atoms with Crippen LogP contribution in [0.15, 0.2) is 23.0 Å². The van der Waals surface area contributed by atoms with Crippen LogP contribution in [0.3, 0.4) is 0 Å². The maximum Gasteiger partial charge on any atom is 0.431 e. The molecule has 2 nitrogen and oxygen atoms in total. The topological polar surface area (TPSA) is 22.0 Å². The first-order valence-corrected chi connectivity index (χ1v) is 6.81. The van der Waals surface area contributed by atoms with Crippen molar-refractivity contribution in [1.29, 1.82) is 0 Å². The highest BCUT2D eigenvalue weighted by molar-refractivity contribution is 9.09. The fourth-order valence-corrected chi connectivity index (χ4v) is 2.46. The molecule has 0 fully saturated rings. The molecule has 1 aromatic rings. The summed E-state index contributed by atoms with van der Waals surface area (Å²) < 4.78 is 39.0. The van der Waals surface area contributed by atoms with Gasteiger partial charge in [0.05, 0.1) is 0 Å². The number of alkyl halides is 4. The Morgan fingerprint density at radius 1 is 1.33 bits per heavy atom. The summed E-state index contributed by atoms with van der Waals surface area (Å²) in [5, 5.41) is 0.810. The number of halogens is 4. The Bertz CT molecular complexity index is 442. The van der Waals surface area contributed by atoms with Crippen LogP contribution in [-0.4, -0.2) is 9.90 Å². The minimum atomic E-state index is -4.49. The van der Waals surface area contributed by atoms with Crippen molar-refractivity contribution in [2.75, 3.05) is 5.33 Å². The van der Waals surface area contributed by atoms with E-state index < -0.39 is 17.4 Å². The van der Waals surface area contributed by atoms with E-state index in [2.05, 4.69) is 15.9 Å². The molecule has 1 heterocycles. The Balaban J connectivity index is 2.91. The molecule has 0 saturated carbocycles. The van der Waals surface area contributed by atoms with Crippen molar-refractivity contribution in [3.8, 4) is 0 Å². The Labute approximate surface area is 112 Å². The summed E-state index contributed by atoms with van der Waals surface area (Å²) in [7, 11) is 0. The summed E-state index contributed by atoms with van der Waals surface area (Å²) in [4.78, 5) is 11.5. The van der Waals surface area contributed by atoms with Crippen molar-refractivity contribution in [3.63, 3.8) is 0 Å². The smallest absolute Gasteiger partial charge is 0.304 e. The predicted octanol–water partition coefficient (Wildman–Crippen LogP) is 3.68. The zero-order valence-corrected chi connectivity index (χ0v) is 11.6. The van der Waals surface area contributed by atoms with Gasteiger partial charge in [-0.15, -0.1) is 0 Å². The lowest BCUT2D eigenvalue weighted by Gasteiger charge is -2.16. The lowest BCUT2D eigenvalue weighted by atomic mass is 10.1. The third-order valence-corrected chi connectivity index (χ3v) is 3.25. The number of rotatable bonds is 5. The molecule has 1 rings (SSSR count). The van der Waals surface area contributed by atoms with E-state index in [9.17, 15) is 18.0 Å². The number of pyridine rings is 1. The standard InChI is InChI=1S/C12H15BrF3NO/c1-9(5-7-13)6-8-17-10(12(14,15)16)3-2-4-11(17)18/h2-4,9H,5-8H2,1H3. The quantitative estimate of drug-likeness (QED) is 0.757. The predicted molar refractivity (Wildman–Crippen MR) is 67.9 cm³/mol. The van der Waals surface area contributed by atoms with Crippen LogP contribution >= 0.6 is 15.9 Å². The number of aromatic nitrogens is 1. The zero-order chi connectivity index (χ0) is 13.8. The van der Waals surface area contributed by atoms with Gasteiger partial charge in [-0.25, -0.2) is 0 Å². The molecule has 0 N–H and O–H groups in total. The zero-order valence-electron chi connectivity index (χ0n) is 10.0. The molecule has 0 radical (unpaired) electrons. The molecule has 1 unspecified atom stereocenters. The van der Waals surface area contributed by atoms with E-state index in [0.717, 1.165) is 34.5 Å². The van der Waals surface area contributed by atoms with Crippen molar-refractivity contribution in [2.24, 2.45) is 5.92 Å². The molecule has 0 saturated heterocycles.